The summed E-state index contributed by atoms with van der Waals surface area (Å²) in [4.78, 5) is 12.9. The molecule has 0 spiro atoms. The molecule has 0 fully saturated rings. The van der Waals surface area contributed by atoms with Gasteiger partial charge in [0.1, 0.15) is 11.6 Å². The SMILES string of the molecule is CCCCCCCCC(C=CN(C)C)=C(C#N)C(=O)O. The number of unbranched alkanes of at least 4 members (excludes halogenated alkanes) is 5. The third kappa shape index (κ3) is 8.36. The number of hydrogen-bond acceptors (Lipinski definition) is 3. The van der Waals surface area contributed by atoms with Gasteiger partial charge in [-0.05, 0) is 30.7 Å². The van der Waals surface area contributed by atoms with Gasteiger partial charge in [-0.25, -0.2) is 4.79 Å². The van der Waals surface area contributed by atoms with Gasteiger partial charge in [0.2, 0.25) is 0 Å². The van der Waals surface area contributed by atoms with E-state index in [-0.39, 0.29) is 5.57 Å². The fraction of sp³-hybridized carbons (Fsp3) is 0.625. The topological polar surface area (TPSA) is 64.3 Å². The first-order valence-electron chi connectivity index (χ1n) is 7.24. The van der Waals surface area contributed by atoms with Crippen LogP contribution < -0.4 is 0 Å². The second kappa shape index (κ2) is 11.1. The second-order valence-electron chi connectivity index (χ2n) is 5.11. The summed E-state index contributed by atoms with van der Waals surface area (Å²) in [5.74, 6) is -1.14. The molecule has 0 saturated carbocycles. The quantitative estimate of drug-likeness (QED) is 0.286. The van der Waals surface area contributed by atoms with Crippen LogP contribution in [0.15, 0.2) is 23.4 Å². The number of carbonyl (C=O) groups is 1. The normalized spacial score (nSPS) is 12.1. The largest absolute Gasteiger partial charge is 0.477 e. The highest BCUT2D eigenvalue weighted by Gasteiger charge is 2.11. The number of allylic oxidation sites excluding steroid dienone is 2. The predicted molar refractivity (Wildman–Crippen MR) is 81.1 cm³/mol. The smallest absolute Gasteiger partial charge is 0.346 e. The maximum atomic E-state index is 11.1. The molecule has 0 unspecified atom stereocenters. The number of carboxylic acids is 1. The Morgan fingerprint density at radius 3 is 2.30 bits per heavy atom. The number of hydrogen-bond donors (Lipinski definition) is 1. The van der Waals surface area contributed by atoms with Crippen LogP contribution in [0.25, 0.3) is 0 Å². The van der Waals surface area contributed by atoms with Crippen molar-refractivity contribution in [2.45, 2.75) is 51.9 Å². The Labute approximate surface area is 122 Å². The second-order valence-corrected chi connectivity index (χ2v) is 5.11. The first-order chi connectivity index (χ1) is 9.52. The van der Waals surface area contributed by atoms with Crippen LogP contribution in [0.2, 0.25) is 0 Å². The summed E-state index contributed by atoms with van der Waals surface area (Å²) in [7, 11) is 3.73. The van der Waals surface area contributed by atoms with Gasteiger partial charge >= 0.3 is 5.97 Å². The fourth-order valence-corrected chi connectivity index (χ4v) is 1.88. The molecule has 0 aliphatic carbocycles. The van der Waals surface area contributed by atoms with Gasteiger partial charge in [-0.1, -0.05) is 39.0 Å². The third-order valence-electron chi connectivity index (χ3n) is 3.02. The van der Waals surface area contributed by atoms with E-state index in [1.807, 2.05) is 19.0 Å². The van der Waals surface area contributed by atoms with Gasteiger partial charge in [-0.15, -0.1) is 0 Å². The molecule has 0 atom stereocenters. The minimum absolute atomic E-state index is 0.142. The number of rotatable bonds is 10. The Hall–Kier alpha value is -1.76. The van der Waals surface area contributed by atoms with Crippen LogP contribution in [0.5, 0.6) is 0 Å². The molecule has 0 aromatic rings. The molecular weight excluding hydrogens is 252 g/mol. The lowest BCUT2D eigenvalue weighted by Crippen LogP contribution is -2.04. The molecule has 0 bridgehead atoms. The van der Waals surface area contributed by atoms with E-state index >= 15 is 0 Å². The Balaban J connectivity index is 4.57. The summed E-state index contributed by atoms with van der Waals surface area (Å²) >= 11 is 0. The third-order valence-corrected chi connectivity index (χ3v) is 3.02. The highest BCUT2D eigenvalue weighted by molar-refractivity contribution is 5.92. The van der Waals surface area contributed by atoms with Crippen LogP contribution in [-0.2, 0) is 4.79 Å². The van der Waals surface area contributed by atoms with Crippen molar-refractivity contribution >= 4 is 5.97 Å². The van der Waals surface area contributed by atoms with E-state index < -0.39 is 5.97 Å². The van der Waals surface area contributed by atoms with E-state index in [4.69, 9.17) is 10.4 Å². The van der Waals surface area contributed by atoms with Gasteiger partial charge in [0.05, 0.1) is 0 Å². The van der Waals surface area contributed by atoms with Crippen molar-refractivity contribution in [3.63, 3.8) is 0 Å². The summed E-state index contributed by atoms with van der Waals surface area (Å²) < 4.78 is 0. The monoisotopic (exact) mass is 278 g/mol. The maximum absolute atomic E-state index is 11.1. The Morgan fingerprint density at radius 2 is 1.80 bits per heavy atom. The minimum Gasteiger partial charge on any atom is -0.477 e. The van der Waals surface area contributed by atoms with Crippen LogP contribution >= 0.6 is 0 Å². The molecule has 0 aliphatic heterocycles. The number of nitriles is 1. The van der Waals surface area contributed by atoms with Crippen molar-refractivity contribution in [1.29, 1.82) is 5.26 Å². The van der Waals surface area contributed by atoms with Gasteiger partial charge in [0, 0.05) is 14.1 Å². The van der Waals surface area contributed by atoms with Gasteiger partial charge < -0.3 is 10.0 Å². The zero-order chi connectivity index (χ0) is 15.4. The maximum Gasteiger partial charge on any atom is 0.346 e. The van der Waals surface area contributed by atoms with Crippen molar-refractivity contribution in [2.24, 2.45) is 0 Å². The molecular formula is C16H26N2O2. The first kappa shape index (κ1) is 18.2. The summed E-state index contributed by atoms with van der Waals surface area (Å²) in [6.07, 6.45) is 11.0. The lowest BCUT2D eigenvalue weighted by Gasteiger charge is -2.07. The fourth-order valence-electron chi connectivity index (χ4n) is 1.88. The molecule has 20 heavy (non-hydrogen) atoms. The van der Waals surface area contributed by atoms with E-state index in [1.165, 1.54) is 25.7 Å². The average molecular weight is 278 g/mol. The van der Waals surface area contributed by atoms with Gasteiger partial charge in [0.15, 0.2) is 0 Å². The van der Waals surface area contributed by atoms with E-state index in [2.05, 4.69) is 6.92 Å². The average Bonchev–Trinajstić information content (AvgIpc) is 2.39. The van der Waals surface area contributed by atoms with E-state index in [0.29, 0.717) is 12.0 Å². The molecule has 4 nitrogen and oxygen atoms in total. The number of carboxylic acid groups (broad SMARTS) is 1. The molecule has 0 aliphatic rings. The summed E-state index contributed by atoms with van der Waals surface area (Å²) in [6, 6.07) is 1.80. The lowest BCUT2D eigenvalue weighted by atomic mass is 10.0. The Morgan fingerprint density at radius 1 is 1.20 bits per heavy atom. The summed E-state index contributed by atoms with van der Waals surface area (Å²) in [5, 5.41) is 18.0. The van der Waals surface area contributed by atoms with Crippen molar-refractivity contribution < 1.29 is 9.90 Å². The molecule has 112 valence electrons. The predicted octanol–water partition coefficient (Wildman–Crippen LogP) is 3.72. The minimum atomic E-state index is -1.14. The lowest BCUT2D eigenvalue weighted by molar-refractivity contribution is -0.132. The van der Waals surface area contributed by atoms with Crippen molar-refractivity contribution in [3.05, 3.63) is 23.4 Å². The van der Waals surface area contributed by atoms with Gasteiger partial charge in [-0.2, -0.15) is 5.26 Å². The van der Waals surface area contributed by atoms with E-state index in [0.717, 1.165) is 12.8 Å². The molecule has 0 radical (unpaired) electrons. The number of nitrogens with zero attached hydrogens (tertiary/aromatic N) is 2. The zero-order valence-electron chi connectivity index (χ0n) is 12.9. The van der Waals surface area contributed by atoms with Crippen molar-refractivity contribution in [1.82, 2.24) is 4.90 Å². The summed E-state index contributed by atoms with van der Waals surface area (Å²) in [5.41, 5.74) is 0.473. The molecule has 0 amide bonds. The van der Waals surface area contributed by atoms with Crippen LogP contribution in [0.4, 0.5) is 0 Å². The molecule has 0 rings (SSSR count). The highest BCUT2D eigenvalue weighted by Crippen LogP contribution is 2.17. The van der Waals surface area contributed by atoms with Crippen molar-refractivity contribution in [2.75, 3.05) is 14.1 Å². The zero-order valence-corrected chi connectivity index (χ0v) is 12.9. The Kier molecular flexibility index (Phi) is 10.1. The molecule has 4 heteroatoms. The van der Waals surface area contributed by atoms with Gasteiger partial charge in [0.25, 0.3) is 0 Å². The summed E-state index contributed by atoms with van der Waals surface area (Å²) in [6.45, 7) is 2.18. The molecule has 0 aromatic heterocycles. The van der Waals surface area contributed by atoms with Crippen LogP contribution in [-0.4, -0.2) is 30.1 Å². The molecule has 1 N–H and O–H groups in total. The Bertz CT molecular complexity index is 390. The molecule has 0 heterocycles. The van der Waals surface area contributed by atoms with Crippen LogP contribution in [0, 0.1) is 11.3 Å². The van der Waals surface area contributed by atoms with E-state index in [9.17, 15) is 4.79 Å². The standard InChI is InChI=1S/C16H26N2O2/c1-4-5-6-7-8-9-10-14(11-12-18(2)3)15(13-17)16(19)20/h11-12H,4-10H2,1-3H3,(H,19,20). The highest BCUT2D eigenvalue weighted by atomic mass is 16.4. The molecule has 0 saturated heterocycles. The van der Waals surface area contributed by atoms with Crippen LogP contribution in [0.1, 0.15) is 51.9 Å². The van der Waals surface area contributed by atoms with Crippen LogP contribution in [0.3, 0.4) is 0 Å². The van der Waals surface area contributed by atoms with Crippen molar-refractivity contribution in [3.8, 4) is 6.07 Å². The number of aliphatic carboxylic acids is 1. The molecule has 0 aromatic carbocycles. The van der Waals surface area contributed by atoms with E-state index in [1.54, 1.807) is 18.3 Å². The van der Waals surface area contributed by atoms with Gasteiger partial charge in [-0.3, -0.25) is 0 Å². The first-order valence-corrected chi connectivity index (χ1v) is 7.24.